The molecule has 0 spiro atoms. The van der Waals surface area contributed by atoms with Crippen molar-refractivity contribution in [2.45, 2.75) is 36.7 Å². The normalized spacial score (nSPS) is 27.0. The number of aliphatic hydroxyl groups is 2. The zero-order valence-corrected chi connectivity index (χ0v) is 15.0. The molecule has 5 N–H and O–H groups in total. The van der Waals surface area contributed by atoms with Crippen LogP contribution in [0.5, 0.6) is 0 Å². The number of carbonyl (C=O) groups is 2. The highest BCUT2D eigenvalue weighted by Crippen LogP contribution is 2.39. The molecule has 5 atom stereocenters. The topological polar surface area (TPSA) is 215 Å². The van der Waals surface area contributed by atoms with Gasteiger partial charge in [-0.1, -0.05) is 5.11 Å². The van der Waals surface area contributed by atoms with Gasteiger partial charge in [0.25, 0.3) is 0 Å². The second-order valence-electron chi connectivity index (χ2n) is 5.98. The summed E-state index contributed by atoms with van der Waals surface area (Å²) in [6.07, 6.45) is -5.43. The number of hydrogen-bond acceptors (Lipinski definition) is 10. The highest BCUT2D eigenvalue weighted by molar-refractivity contribution is 5.86. The van der Waals surface area contributed by atoms with E-state index in [1.807, 2.05) is 0 Å². The summed E-state index contributed by atoms with van der Waals surface area (Å²) in [5.74, 6) is -1.79. The Morgan fingerprint density at radius 2 is 2.34 bits per heavy atom. The first-order chi connectivity index (χ1) is 13.7. The average Bonchev–Trinajstić information content (AvgIpc) is 2.92. The van der Waals surface area contributed by atoms with Gasteiger partial charge < -0.3 is 30.7 Å². The Balaban J connectivity index is 2.30. The summed E-state index contributed by atoms with van der Waals surface area (Å²) in [4.78, 5) is 41.1. The fourth-order valence-electron chi connectivity index (χ4n) is 2.68. The molecule has 2 heterocycles. The van der Waals surface area contributed by atoms with Crippen molar-refractivity contribution in [1.82, 2.24) is 9.55 Å². The molecule has 15 heteroatoms. The SMILES string of the molecule is COC(=O)[C@H](CC(N)=O)Nc1ccn([C@@H]2O[C@@](CO)(N=[N+]=[N-])[C@@H](O)[C@@H]2F)c(=O)n1. The third kappa shape index (κ3) is 4.43. The Bertz CT molecular complexity index is 889. The van der Waals surface area contributed by atoms with Crippen LogP contribution < -0.4 is 16.7 Å². The molecule has 29 heavy (non-hydrogen) atoms. The second kappa shape index (κ2) is 8.83. The van der Waals surface area contributed by atoms with E-state index in [0.29, 0.717) is 4.57 Å². The van der Waals surface area contributed by atoms with Crippen LogP contribution >= 0.6 is 0 Å². The number of methoxy groups -OCH3 is 1. The number of nitrogens with two attached hydrogens (primary N) is 1. The van der Waals surface area contributed by atoms with E-state index in [4.69, 9.17) is 16.0 Å². The fraction of sp³-hybridized carbons (Fsp3) is 0.571. The van der Waals surface area contributed by atoms with E-state index in [1.54, 1.807) is 0 Å². The molecule has 0 radical (unpaired) electrons. The van der Waals surface area contributed by atoms with E-state index in [0.717, 1.165) is 19.4 Å². The van der Waals surface area contributed by atoms with Gasteiger partial charge in [0.1, 0.15) is 18.0 Å². The first-order valence-electron chi connectivity index (χ1n) is 8.08. The van der Waals surface area contributed by atoms with Crippen LogP contribution in [0.3, 0.4) is 0 Å². The molecule has 1 amide bonds. The van der Waals surface area contributed by atoms with Crippen LogP contribution in [-0.4, -0.2) is 69.4 Å². The molecule has 0 bridgehead atoms. The van der Waals surface area contributed by atoms with Crippen molar-refractivity contribution >= 4 is 17.7 Å². The first kappa shape index (κ1) is 22.0. The minimum atomic E-state index is -2.31. The summed E-state index contributed by atoms with van der Waals surface area (Å²) in [6.45, 7) is -1.04. The molecule has 14 nitrogen and oxygen atoms in total. The van der Waals surface area contributed by atoms with E-state index in [2.05, 4.69) is 25.1 Å². The van der Waals surface area contributed by atoms with Gasteiger partial charge in [0.2, 0.25) is 11.6 Å². The number of azide groups is 1. The van der Waals surface area contributed by atoms with Gasteiger partial charge in [-0.25, -0.2) is 14.0 Å². The average molecular weight is 415 g/mol. The number of rotatable bonds is 8. The lowest BCUT2D eigenvalue weighted by Gasteiger charge is -2.23. The molecule has 2 rings (SSSR count). The lowest BCUT2D eigenvalue weighted by atomic mass is 10.1. The van der Waals surface area contributed by atoms with Gasteiger partial charge in [0.05, 0.1) is 20.1 Å². The standard InChI is InChI=1S/C14H18FN7O7/c1-28-12(26)6(4-7(16)24)18-8-2-3-22(13(27)19-8)11-9(15)10(25)14(5-23,29-11)20-21-17/h2-3,6,9-11,23,25H,4-5H2,1H3,(H2,16,24)(H,18,19,27)/t6-,9-,10-,11+,14+/m0/s1. The minimum Gasteiger partial charge on any atom is -0.467 e. The maximum absolute atomic E-state index is 14.5. The van der Waals surface area contributed by atoms with Crippen molar-refractivity contribution in [2.24, 2.45) is 10.8 Å². The van der Waals surface area contributed by atoms with Crippen molar-refractivity contribution < 1.29 is 33.7 Å². The van der Waals surface area contributed by atoms with Crippen molar-refractivity contribution in [3.8, 4) is 0 Å². The zero-order chi connectivity index (χ0) is 21.8. The molecular formula is C14H18FN7O7. The number of aliphatic hydroxyl groups excluding tert-OH is 2. The van der Waals surface area contributed by atoms with E-state index in [-0.39, 0.29) is 5.82 Å². The van der Waals surface area contributed by atoms with Crippen LogP contribution in [0.2, 0.25) is 0 Å². The molecule has 158 valence electrons. The molecule has 1 aliphatic heterocycles. The number of carbonyl (C=O) groups excluding carboxylic acids is 2. The molecule has 1 fully saturated rings. The summed E-state index contributed by atoms with van der Waals surface area (Å²) in [5.41, 5.74) is 10.2. The Labute approximate surface area is 161 Å². The van der Waals surface area contributed by atoms with Gasteiger partial charge >= 0.3 is 11.7 Å². The van der Waals surface area contributed by atoms with Gasteiger partial charge in [-0.15, -0.1) is 0 Å². The van der Waals surface area contributed by atoms with E-state index < -0.39 is 60.9 Å². The van der Waals surface area contributed by atoms with Gasteiger partial charge in [-0.05, 0) is 11.6 Å². The summed E-state index contributed by atoms with van der Waals surface area (Å²) in [7, 11) is 1.09. The van der Waals surface area contributed by atoms with E-state index >= 15 is 0 Å². The molecular weight excluding hydrogens is 397 g/mol. The molecule has 0 saturated carbocycles. The molecule has 1 aromatic heterocycles. The summed E-state index contributed by atoms with van der Waals surface area (Å²) in [5, 5.41) is 24.9. The Morgan fingerprint density at radius 1 is 1.66 bits per heavy atom. The summed E-state index contributed by atoms with van der Waals surface area (Å²) in [6, 6.07) is -0.0569. The molecule has 0 unspecified atom stereocenters. The van der Waals surface area contributed by atoms with Gasteiger partial charge in [-0.2, -0.15) is 4.98 Å². The maximum atomic E-state index is 14.5. The predicted octanol–water partition coefficient (Wildman–Crippen LogP) is -1.70. The fourth-order valence-corrected chi connectivity index (χ4v) is 2.68. The van der Waals surface area contributed by atoms with Crippen LogP contribution in [0.1, 0.15) is 12.6 Å². The number of amides is 1. The largest absolute Gasteiger partial charge is 0.467 e. The van der Waals surface area contributed by atoms with Crippen LogP contribution in [0, 0.1) is 0 Å². The number of nitrogens with zero attached hydrogens (tertiary/aromatic N) is 5. The number of halogens is 1. The smallest absolute Gasteiger partial charge is 0.351 e. The highest BCUT2D eigenvalue weighted by Gasteiger charge is 2.56. The minimum absolute atomic E-state index is 0.152. The molecule has 1 aromatic rings. The van der Waals surface area contributed by atoms with Crippen LogP contribution in [0.4, 0.5) is 10.2 Å². The lowest BCUT2D eigenvalue weighted by Crippen LogP contribution is -2.43. The third-order valence-electron chi connectivity index (χ3n) is 4.12. The van der Waals surface area contributed by atoms with Crippen molar-refractivity contribution in [3.63, 3.8) is 0 Å². The maximum Gasteiger partial charge on any atom is 0.351 e. The summed E-state index contributed by atoms with van der Waals surface area (Å²) < 4.78 is 24.8. The zero-order valence-electron chi connectivity index (χ0n) is 15.0. The van der Waals surface area contributed by atoms with Gasteiger partial charge in [0, 0.05) is 11.1 Å². The third-order valence-corrected chi connectivity index (χ3v) is 4.12. The second-order valence-corrected chi connectivity index (χ2v) is 5.98. The van der Waals surface area contributed by atoms with Crippen LogP contribution in [0.25, 0.3) is 10.4 Å². The van der Waals surface area contributed by atoms with Crippen LogP contribution in [-0.2, 0) is 19.1 Å². The van der Waals surface area contributed by atoms with Crippen molar-refractivity contribution in [3.05, 3.63) is 33.2 Å². The lowest BCUT2D eigenvalue weighted by molar-refractivity contribution is -0.142. The number of alkyl halides is 1. The highest BCUT2D eigenvalue weighted by atomic mass is 19.1. The number of hydrogen-bond donors (Lipinski definition) is 4. The van der Waals surface area contributed by atoms with E-state index in [9.17, 15) is 29.0 Å². The number of nitrogens with one attached hydrogen (secondary N) is 1. The quantitative estimate of drug-likeness (QED) is 0.164. The Hall–Kier alpha value is -3.26. The Morgan fingerprint density at radius 3 is 2.86 bits per heavy atom. The van der Waals surface area contributed by atoms with Crippen LogP contribution in [0.15, 0.2) is 22.2 Å². The number of ether oxygens (including phenoxy) is 2. The summed E-state index contributed by atoms with van der Waals surface area (Å²) >= 11 is 0. The number of aromatic nitrogens is 2. The van der Waals surface area contributed by atoms with Gasteiger partial charge in [-0.3, -0.25) is 9.36 Å². The molecule has 1 aliphatic rings. The van der Waals surface area contributed by atoms with E-state index in [1.165, 1.54) is 0 Å². The number of anilines is 1. The molecule has 0 aromatic carbocycles. The monoisotopic (exact) mass is 415 g/mol. The van der Waals surface area contributed by atoms with Crippen molar-refractivity contribution in [1.29, 1.82) is 0 Å². The molecule has 1 saturated heterocycles. The molecule has 0 aliphatic carbocycles. The number of esters is 1. The Kier molecular flexibility index (Phi) is 6.71. The van der Waals surface area contributed by atoms with Gasteiger partial charge in [0.15, 0.2) is 12.4 Å². The van der Waals surface area contributed by atoms with Crippen molar-refractivity contribution in [2.75, 3.05) is 19.0 Å². The number of primary amides is 1. The first-order valence-corrected chi connectivity index (χ1v) is 8.08. The predicted molar refractivity (Wildman–Crippen MR) is 91.7 cm³/mol.